The van der Waals surface area contributed by atoms with Crippen LogP contribution in [0, 0.1) is 12.3 Å². The SMILES string of the molecule is C#CCN1C=NC(CC)(CC)CC1=O. The summed E-state index contributed by atoms with van der Waals surface area (Å²) in [7, 11) is 0. The number of hydrogen-bond donors (Lipinski definition) is 0. The topological polar surface area (TPSA) is 32.7 Å². The number of rotatable bonds is 3. The van der Waals surface area contributed by atoms with Crippen LogP contribution >= 0.6 is 0 Å². The number of carbonyl (C=O) groups is 1. The van der Waals surface area contributed by atoms with E-state index in [1.54, 1.807) is 6.34 Å². The predicted octanol–water partition coefficient (Wildman–Crippen LogP) is 1.44. The molecule has 3 heteroatoms. The van der Waals surface area contributed by atoms with E-state index in [9.17, 15) is 4.79 Å². The molecule has 0 aromatic carbocycles. The molecule has 14 heavy (non-hydrogen) atoms. The normalized spacial score (nSPS) is 19.5. The van der Waals surface area contributed by atoms with Crippen molar-refractivity contribution in [3.05, 3.63) is 0 Å². The summed E-state index contributed by atoms with van der Waals surface area (Å²) in [4.78, 5) is 17.6. The molecule has 0 atom stereocenters. The fourth-order valence-electron chi connectivity index (χ4n) is 1.60. The third-order valence-corrected chi connectivity index (χ3v) is 2.85. The summed E-state index contributed by atoms with van der Waals surface area (Å²) >= 11 is 0. The van der Waals surface area contributed by atoms with Crippen LogP contribution in [0.2, 0.25) is 0 Å². The Labute approximate surface area is 85.2 Å². The number of hydrogen-bond acceptors (Lipinski definition) is 2. The van der Waals surface area contributed by atoms with Crippen LogP contribution in [0.4, 0.5) is 0 Å². The van der Waals surface area contributed by atoms with Crippen LogP contribution in [0.1, 0.15) is 33.1 Å². The van der Waals surface area contributed by atoms with Gasteiger partial charge in [0.15, 0.2) is 0 Å². The van der Waals surface area contributed by atoms with Gasteiger partial charge in [-0.15, -0.1) is 6.42 Å². The largest absolute Gasteiger partial charge is 0.291 e. The molecular weight excluding hydrogens is 176 g/mol. The van der Waals surface area contributed by atoms with Crippen molar-refractivity contribution in [2.45, 2.75) is 38.6 Å². The molecule has 0 saturated carbocycles. The van der Waals surface area contributed by atoms with Crippen molar-refractivity contribution in [1.82, 2.24) is 4.90 Å². The van der Waals surface area contributed by atoms with Gasteiger partial charge in [0.1, 0.15) is 0 Å². The zero-order valence-corrected chi connectivity index (χ0v) is 8.79. The van der Waals surface area contributed by atoms with E-state index in [1.165, 1.54) is 4.90 Å². The van der Waals surface area contributed by atoms with Crippen molar-refractivity contribution in [2.24, 2.45) is 4.99 Å². The molecule has 1 heterocycles. The summed E-state index contributed by atoms with van der Waals surface area (Å²) in [6.45, 7) is 4.45. The van der Waals surface area contributed by atoms with E-state index in [2.05, 4.69) is 24.8 Å². The van der Waals surface area contributed by atoms with Crippen molar-refractivity contribution < 1.29 is 4.79 Å². The van der Waals surface area contributed by atoms with Crippen LogP contribution in [-0.2, 0) is 4.79 Å². The van der Waals surface area contributed by atoms with Crippen LogP contribution in [0.15, 0.2) is 4.99 Å². The van der Waals surface area contributed by atoms with E-state index >= 15 is 0 Å². The zero-order chi connectivity index (χ0) is 10.6. The van der Waals surface area contributed by atoms with Gasteiger partial charge in [0, 0.05) is 0 Å². The molecule has 1 aliphatic rings. The highest BCUT2D eigenvalue weighted by molar-refractivity contribution is 5.91. The van der Waals surface area contributed by atoms with Gasteiger partial charge in [-0.3, -0.25) is 14.7 Å². The van der Waals surface area contributed by atoms with Gasteiger partial charge >= 0.3 is 0 Å². The van der Waals surface area contributed by atoms with Crippen molar-refractivity contribution in [3.63, 3.8) is 0 Å². The summed E-state index contributed by atoms with van der Waals surface area (Å²) in [5.74, 6) is 2.53. The van der Waals surface area contributed by atoms with Crippen molar-refractivity contribution in [2.75, 3.05) is 6.54 Å². The second kappa shape index (κ2) is 4.28. The maximum absolute atomic E-state index is 11.7. The zero-order valence-electron chi connectivity index (χ0n) is 8.79. The lowest BCUT2D eigenvalue weighted by Crippen LogP contribution is -2.42. The first-order chi connectivity index (χ1) is 6.67. The summed E-state index contributed by atoms with van der Waals surface area (Å²) in [5, 5.41) is 0. The average Bonchev–Trinajstić information content (AvgIpc) is 2.21. The van der Waals surface area contributed by atoms with Gasteiger partial charge in [0.05, 0.1) is 24.8 Å². The number of aliphatic imine (C=N–C) groups is 1. The van der Waals surface area contributed by atoms with Crippen molar-refractivity contribution in [1.29, 1.82) is 0 Å². The molecule has 0 N–H and O–H groups in total. The Balaban J connectivity index is 2.80. The number of terminal acetylenes is 1. The summed E-state index contributed by atoms with van der Waals surface area (Å²) in [6.07, 6.45) is 9.03. The van der Waals surface area contributed by atoms with Crippen molar-refractivity contribution in [3.8, 4) is 12.3 Å². The van der Waals surface area contributed by atoms with Gasteiger partial charge in [-0.1, -0.05) is 19.8 Å². The van der Waals surface area contributed by atoms with Crippen LogP contribution < -0.4 is 0 Å². The highest BCUT2D eigenvalue weighted by Crippen LogP contribution is 2.27. The average molecular weight is 192 g/mol. The van der Waals surface area contributed by atoms with Gasteiger partial charge in [-0.05, 0) is 12.8 Å². The second-order valence-corrected chi connectivity index (χ2v) is 3.58. The molecule has 0 unspecified atom stereocenters. The van der Waals surface area contributed by atoms with E-state index in [0.717, 1.165) is 12.8 Å². The third kappa shape index (κ3) is 1.95. The molecule has 0 bridgehead atoms. The molecule has 0 saturated heterocycles. The van der Waals surface area contributed by atoms with Crippen LogP contribution in [0.25, 0.3) is 0 Å². The van der Waals surface area contributed by atoms with Gasteiger partial charge < -0.3 is 0 Å². The molecular formula is C11H16N2O. The smallest absolute Gasteiger partial charge is 0.230 e. The number of amides is 1. The van der Waals surface area contributed by atoms with Gasteiger partial charge in [-0.25, -0.2) is 0 Å². The number of carbonyl (C=O) groups excluding carboxylic acids is 1. The molecule has 0 aromatic heterocycles. The minimum absolute atomic E-state index is 0.0849. The van der Waals surface area contributed by atoms with E-state index in [-0.39, 0.29) is 11.4 Å². The Morgan fingerprint density at radius 2 is 2.29 bits per heavy atom. The van der Waals surface area contributed by atoms with Crippen molar-refractivity contribution >= 4 is 12.2 Å². The fourth-order valence-corrected chi connectivity index (χ4v) is 1.60. The summed E-state index contributed by atoms with van der Waals surface area (Å²) in [6, 6.07) is 0. The molecule has 1 rings (SSSR count). The highest BCUT2D eigenvalue weighted by Gasteiger charge is 2.33. The molecule has 0 fully saturated rings. The third-order valence-electron chi connectivity index (χ3n) is 2.85. The van der Waals surface area contributed by atoms with E-state index < -0.39 is 0 Å². The second-order valence-electron chi connectivity index (χ2n) is 3.58. The minimum Gasteiger partial charge on any atom is -0.291 e. The van der Waals surface area contributed by atoms with Crippen LogP contribution in [0.5, 0.6) is 0 Å². The Hall–Kier alpha value is -1.30. The maximum atomic E-state index is 11.7. The van der Waals surface area contributed by atoms with E-state index in [1.807, 2.05) is 0 Å². The molecule has 0 aliphatic carbocycles. The molecule has 0 aromatic rings. The van der Waals surface area contributed by atoms with Crippen LogP contribution in [0.3, 0.4) is 0 Å². The Morgan fingerprint density at radius 3 is 2.71 bits per heavy atom. The Bertz CT molecular complexity index is 284. The Kier molecular flexibility index (Phi) is 3.29. The van der Waals surface area contributed by atoms with Crippen LogP contribution in [-0.4, -0.2) is 29.2 Å². The fraction of sp³-hybridized carbons (Fsp3) is 0.636. The molecule has 1 aliphatic heterocycles. The lowest BCUT2D eigenvalue weighted by molar-refractivity contribution is -0.128. The maximum Gasteiger partial charge on any atom is 0.230 e. The molecule has 3 nitrogen and oxygen atoms in total. The van der Waals surface area contributed by atoms with E-state index in [0.29, 0.717) is 13.0 Å². The predicted molar refractivity (Wildman–Crippen MR) is 57.0 cm³/mol. The van der Waals surface area contributed by atoms with Gasteiger partial charge in [0.2, 0.25) is 5.91 Å². The standard InChI is InChI=1S/C11H16N2O/c1-4-7-13-9-12-11(5-2,6-3)8-10(13)14/h1,9H,5-8H2,2-3H3. The van der Waals surface area contributed by atoms with E-state index in [4.69, 9.17) is 6.42 Å². The summed E-state index contributed by atoms with van der Waals surface area (Å²) < 4.78 is 0. The molecule has 1 amide bonds. The first-order valence-corrected chi connectivity index (χ1v) is 4.95. The molecule has 0 spiro atoms. The molecule has 76 valence electrons. The first kappa shape index (κ1) is 10.8. The van der Waals surface area contributed by atoms with Gasteiger partial charge in [-0.2, -0.15) is 0 Å². The lowest BCUT2D eigenvalue weighted by Gasteiger charge is -2.33. The van der Waals surface area contributed by atoms with Gasteiger partial charge in [0.25, 0.3) is 0 Å². The Morgan fingerprint density at radius 1 is 1.64 bits per heavy atom. The minimum atomic E-state index is -0.178. The summed E-state index contributed by atoms with van der Waals surface area (Å²) in [5.41, 5.74) is -0.178. The quantitative estimate of drug-likeness (QED) is 0.623. The monoisotopic (exact) mass is 192 g/mol. The highest BCUT2D eigenvalue weighted by atomic mass is 16.2. The molecule has 0 radical (unpaired) electrons. The number of nitrogens with zero attached hydrogens (tertiary/aromatic N) is 2. The lowest BCUT2D eigenvalue weighted by atomic mass is 9.88. The first-order valence-electron chi connectivity index (χ1n) is 4.95.